The van der Waals surface area contributed by atoms with Crippen LogP contribution in [0.2, 0.25) is 0 Å². The Bertz CT molecular complexity index is 297. The predicted molar refractivity (Wildman–Crippen MR) is 55.8 cm³/mol. The topological polar surface area (TPSA) is 61.8 Å². The van der Waals surface area contributed by atoms with Gasteiger partial charge in [-0.3, -0.25) is 4.79 Å². The van der Waals surface area contributed by atoms with Crippen LogP contribution in [0, 0.1) is 0 Å². The molecule has 16 heavy (non-hydrogen) atoms. The number of methoxy groups -OCH3 is 2. The van der Waals surface area contributed by atoms with Crippen LogP contribution < -0.4 is 0 Å². The molecule has 0 N–H and O–H groups in total. The van der Waals surface area contributed by atoms with Crippen LogP contribution in [-0.2, 0) is 23.8 Å². The quantitative estimate of drug-likeness (QED) is 0.678. The fraction of sp³-hybridized carbons (Fsp3) is 0.818. The summed E-state index contributed by atoms with van der Waals surface area (Å²) in [4.78, 5) is 23.0. The first-order valence-electron chi connectivity index (χ1n) is 5.21. The monoisotopic (exact) mass is 230 g/mol. The average molecular weight is 230 g/mol. The first-order valence-corrected chi connectivity index (χ1v) is 5.21. The molecule has 0 amide bonds. The molecule has 0 aromatic carbocycles. The van der Waals surface area contributed by atoms with Crippen molar-refractivity contribution in [2.45, 2.75) is 44.3 Å². The minimum absolute atomic E-state index is 0.0976. The normalized spacial score (nSPS) is 27.5. The number of carbonyl (C=O) groups excluding carboxylic acids is 2. The molecule has 1 rings (SSSR count). The predicted octanol–water partition coefficient (Wildman–Crippen LogP) is 1.05. The summed E-state index contributed by atoms with van der Waals surface area (Å²) in [5, 5.41) is 0. The third-order valence-electron chi connectivity index (χ3n) is 2.82. The van der Waals surface area contributed by atoms with Crippen molar-refractivity contribution < 1.29 is 23.8 Å². The number of rotatable bonds is 3. The molecule has 1 fully saturated rings. The van der Waals surface area contributed by atoms with Gasteiger partial charge in [-0.1, -0.05) is 0 Å². The van der Waals surface area contributed by atoms with Crippen molar-refractivity contribution in [1.82, 2.24) is 0 Å². The van der Waals surface area contributed by atoms with Crippen LogP contribution in [0.15, 0.2) is 0 Å². The lowest BCUT2D eigenvalue weighted by Gasteiger charge is -2.28. The van der Waals surface area contributed by atoms with E-state index in [-0.39, 0.29) is 6.42 Å². The van der Waals surface area contributed by atoms with Gasteiger partial charge in [-0.2, -0.15) is 0 Å². The van der Waals surface area contributed by atoms with E-state index in [0.717, 1.165) is 0 Å². The lowest BCUT2D eigenvalue weighted by Crippen LogP contribution is -2.43. The molecule has 0 aromatic heterocycles. The Morgan fingerprint density at radius 2 is 1.81 bits per heavy atom. The Balaban J connectivity index is 2.87. The van der Waals surface area contributed by atoms with Crippen LogP contribution >= 0.6 is 0 Å². The molecule has 0 aromatic rings. The Kier molecular flexibility index (Phi) is 3.57. The van der Waals surface area contributed by atoms with Gasteiger partial charge in [-0.05, 0) is 26.7 Å². The van der Waals surface area contributed by atoms with E-state index in [1.54, 1.807) is 0 Å². The zero-order valence-electron chi connectivity index (χ0n) is 10.2. The van der Waals surface area contributed by atoms with Gasteiger partial charge in [0.15, 0.2) is 5.60 Å². The maximum atomic E-state index is 11.7. The molecule has 1 heterocycles. The highest BCUT2D eigenvalue weighted by Gasteiger charge is 2.52. The van der Waals surface area contributed by atoms with Gasteiger partial charge >= 0.3 is 11.9 Å². The van der Waals surface area contributed by atoms with Crippen LogP contribution in [0.4, 0.5) is 0 Å². The van der Waals surface area contributed by atoms with Gasteiger partial charge in [0.1, 0.15) is 0 Å². The molecule has 5 nitrogen and oxygen atoms in total. The SMILES string of the molecule is COC(=O)CC1(C(=O)OC)CCC(C)(C)O1. The van der Waals surface area contributed by atoms with Gasteiger partial charge in [-0.25, -0.2) is 4.79 Å². The van der Waals surface area contributed by atoms with Gasteiger partial charge < -0.3 is 14.2 Å². The highest BCUT2D eigenvalue weighted by Crippen LogP contribution is 2.40. The molecular formula is C11H18O5. The van der Waals surface area contributed by atoms with E-state index in [9.17, 15) is 9.59 Å². The molecule has 5 heteroatoms. The van der Waals surface area contributed by atoms with Crippen molar-refractivity contribution in [3.8, 4) is 0 Å². The fourth-order valence-corrected chi connectivity index (χ4v) is 1.97. The molecule has 1 aliphatic heterocycles. The Morgan fingerprint density at radius 3 is 2.19 bits per heavy atom. The van der Waals surface area contributed by atoms with E-state index in [4.69, 9.17) is 9.47 Å². The summed E-state index contributed by atoms with van der Waals surface area (Å²) in [6.07, 6.45) is 1.08. The summed E-state index contributed by atoms with van der Waals surface area (Å²) in [6, 6.07) is 0. The minimum atomic E-state index is -1.18. The second-order valence-corrected chi connectivity index (χ2v) is 4.60. The zero-order valence-corrected chi connectivity index (χ0v) is 10.2. The molecule has 0 spiro atoms. The molecule has 1 saturated heterocycles. The second kappa shape index (κ2) is 4.41. The number of hydrogen-bond donors (Lipinski definition) is 0. The third kappa shape index (κ3) is 2.52. The summed E-state index contributed by atoms with van der Waals surface area (Å²) >= 11 is 0. The van der Waals surface area contributed by atoms with Crippen molar-refractivity contribution in [1.29, 1.82) is 0 Å². The molecule has 1 atom stereocenters. The van der Waals surface area contributed by atoms with Crippen LogP contribution in [0.3, 0.4) is 0 Å². The second-order valence-electron chi connectivity index (χ2n) is 4.60. The van der Waals surface area contributed by atoms with Gasteiger partial charge in [0, 0.05) is 0 Å². The number of esters is 2. The fourth-order valence-electron chi connectivity index (χ4n) is 1.97. The number of ether oxygens (including phenoxy) is 3. The molecule has 1 unspecified atom stereocenters. The van der Waals surface area contributed by atoms with E-state index in [2.05, 4.69) is 4.74 Å². The summed E-state index contributed by atoms with van der Waals surface area (Å²) in [7, 11) is 2.57. The number of carbonyl (C=O) groups is 2. The maximum absolute atomic E-state index is 11.7. The van der Waals surface area contributed by atoms with E-state index in [1.807, 2.05) is 13.8 Å². The molecular weight excluding hydrogens is 212 g/mol. The van der Waals surface area contributed by atoms with Gasteiger partial charge in [-0.15, -0.1) is 0 Å². The lowest BCUT2D eigenvalue weighted by atomic mass is 9.94. The Labute approximate surface area is 95.0 Å². The van der Waals surface area contributed by atoms with E-state index < -0.39 is 23.1 Å². The summed E-state index contributed by atoms with van der Waals surface area (Å²) in [5.41, 5.74) is -1.59. The van der Waals surface area contributed by atoms with Crippen molar-refractivity contribution in [2.24, 2.45) is 0 Å². The average Bonchev–Trinajstić information content (AvgIpc) is 2.54. The summed E-state index contributed by atoms with van der Waals surface area (Å²) in [5.74, 6) is -0.980. The summed E-state index contributed by atoms with van der Waals surface area (Å²) < 4.78 is 15.0. The highest BCUT2D eigenvalue weighted by atomic mass is 16.6. The van der Waals surface area contributed by atoms with Crippen LogP contribution in [0.5, 0.6) is 0 Å². The zero-order chi connectivity index (χ0) is 12.4. The van der Waals surface area contributed by atoms with Gasteiger partial charge in [0.25, 0.3) is 0 Å². The van der Waals surface area contributed by atoms with E-state index in [1.165, 1.54) is 14.2 Å². The lowest BCUT2D eigenvalue weighted by molar-refractivity contribution is -0.180. The van der Waals surface area contributed by atoms with Gasteiger partial charge in [0.2, 0.25) is 0 Å². The first-order chi connectivity index (χ1) is 7.35. The van der Waals surface area contributed by atoms with E-state index in [0.29, 0.717) is 12.8 Å². The minimum Gasteiger partial charge on any atom is -0.469 e. The van der Waals surface area contributed by atoms with Crippen LogP contribution in [0.25, 0.3) is 0 Å². The first kappa shape index (κ1) is 13.0. The number of hydrogen-bond acceptors (Lipinski definition) is 5. The molecule has 92 valence electrons. The van der Waals surface area contributed by atoms with Crippen molar-refractivity contribution in [3.05, 3.63) is 0 Å². The van der Waals surface area contributed by atoms with Gasteiger partial charge in [0.05, 0.1) is 26.2 Å². The molecule has 1 aliphatic rings. The van der Waals surface area contributed by atoms with Crippen molar-refractivity contribution >= 4 is 11.9 Å². The van der Waals surface area contributed by atoms with Crippen molar-refractivity contribution in [2.75, 3.05) is 14.2 Å². The summed E-state index contributed by atoms with van der Waals surface area (Å²) in [6.45, 7) is 3.77. The molecule has 0 aliphatic carbocycles. The molecule has 0 radical (unpaired) electrons. The molecule has 0 bridgehead atoms. The third-order valence-corrected chi connectivity index (χ3v) is 2.82. The van der Waals surface area contributed by atoms with Crippen LogP contribution in [0.1, 0.15) is 33.1 Å². The molecule has 0 saturated carbocycles. The van der Waals surface area contributed by atoms with E-state index >= 15 is 0 Å². The standard InChI is InChI=1S/C11H18O5/c1-10(2)5-6-11(16-10,9(13)15-4)7-8(12)14-3/h5-7H2,1-4H3. The maximum Gasteiger partial charge on any atom is 0.338 e. The van der Waals surface area contributed by atoms with Crippen LogP contribution in [-0.4, -0.2) is 37.4 Å². The Morgan fingerprint density at radius 1 is 1.19 bits per heavy atom. The Hall–Kier alpha value is -1.10. The highest BCUT2D eigenvalue weighted by molar-refractivity contribution is 5.86. The van der Waals surface area contributed by atoms with Crippen molar-refractivity contribution in [3.63, 3.8) is 0 Å². The smallest absolute Gasteiger partial charge is 0.338 e. The largest absolute Gasteiger partial charge is 0.469 e.